The maximum absolute atomic E-state index is 11.7. The Morgan fingerprint density at radius 3 is 2.70 bits per heavy atom. The van der Waals surface area contributed by atoms with Crippen molar-refractivity contribution >= 4 is 11.8 Å². The Labute approximate surface area is 116 Å². The molecule has 0 aliphatic rings. The molecule has 0 aliphatic carbocycles. The molecular formula is C14H16N2O4. The molecule has 20 heavy (non-hydrogen) atoms. The molecule has 2 amide bonds. The number of hydrogen-bond donors (Lipinski definition) is 2. The number of furan rings is 2. The Morgan fingerprint density at radius 1 is 1.30 bits per heavy atom. The molecule has 6 nitrogen and oxygen atoms in total. The van der Waals surface area contributed by atoms with Gasteiger partial charge in [0.1, 0.15) is 17.8 Å². The van der Waals surface area contributed by atoms with Crippen LogP contribution in [0.2, 0.25) is 0 Å². The number of rotatable bonds is 5. The predicted molar refractivity (Wildman–Crippen MR) is 71.0 cm³/mol. The van der Waals surface area contributed by atoms with Crippen molar-refractivity contribution < 1.29 is 18.4 Å². The van der Waals surface area contributed by atoms with Crippen LogP contribution in [0.4, 0.5) is 0 Å². The van der Waals surface area contributed by atoms with Crippen LogP contribution in [0.25, 0.3) is 0 Å². The van der Waals surface area contributed by atoms with Crippen LogP contribution in [0.1, 0.15) is 34.8 Å². The van der Waals surface area contributed by atoms with Gasteiger partial charge in [-0.05, 0) is 32.0 Å². The van der Waals surface area contributed by atoms with E-state index >= 15 is 0 Å². The van der Waals surface area contributed by atoms with Crippen LogP contribution >= 0.6 is 0 Å². The Hall–Kier alpha value is -2.50. The summed E-state index contributed by atoms with van der Waals surface area (Å²) in [6.07, 6.45) is 2.72. The first-order valence-electron chi connectivity index (χ1n) is 6.22. The minimum absolute atomic E-state index is 0.103. The third-order valence-electron chi connectivity index (χ3n) is 2.76. The third-order valence-corrected chi connectivity index (χ3v) is 2.76. The largest absolute Gasteiger partial charge is 0.472 e. The maximum Gasteiger partial charge on any atom is 0.254 e. The van der Waals surface area contributed by atoms with Crippen LogP contribution in [0, 0.1) is 6.92 Å². The molecule has 0 saturated carbocycles. The molecule has 6 heteroatoms. The third kappa shape index (κ3) is 3.50. The van der Waals surface area contributed by atoms with Crippen molar-refractivity contribution in [2.24, 2.45) is 0 Å². The Balaban J connectivity index is 1.79. The first-order chi connectivity index (χ1) is 9.56. The second kappa shape index (κ2) is 6.10. The van der Waals surface area contributed by atoms with E-state index in [1.807, 2.05) is 26.0 Å². The van der Waals surface area contributed by atoms with Crippen LogP contribution < -0.4 is 10.6 Å². The lowest BCUT2D eigenvalue weighted by Crippen LogP contribution is -2.37. The van der Waals surface area contributed by atoms with Gasteiger partial charge in [0.2, 0.25) is 5.91 Å². The summed E-state index contributed by atoms with van der Waals surface area (Å²) in [6, 6.07) is 4.92. The summed E-state index contributed by atoms with van der Waals surface area (Å²) in [6.45, 7) is 3.55. The minimum Gasteiger partial charge on any atom is -0.472 e. The zero-order valence-corrected chi connectivity index (χ0v) is 11.3. The highest BCUT2D eigenvalue weighted by Crippen LogP contribution is 2.15. The van der Waals surface area contributed by atoms with Crippen LogP contribution in [0.15, 0.2) is 39.6 Å². The molecule has 0 aromatic carbocycles. The first-order valence-corrected chi connectivity index (χ1v) is 6.22. The number of hydrogen-bond acceptors (Lipinski definition) is 4. The van der Waals surface area contributed by atoms with Gasteiger partial charge in [0, 0.05) is 0 Å². The fraction of sp³-hybridized carbons (Fsp3) is 0.286. The number of carbonyl (C=O) groups excluding carboxylic acids is 2. The predicted octanol–water partition coefficient (Wildman–Crippen LogP) is 1.79. The summed E-state index contributed by atoms with van der Waals surface area (Å²) < 4.78 is 10.2. The van der Waals surface area contributed by atoms with Crippen molar-refractivity contribution in [1.29, 1.82) is 0 Å². The van der Waals surface area contributed by atoms with Crippen molar-refractivity contribution in [2.75, 3.05) is 6.54 Å². The molecule has 0 saturated heterocycles. The second-order valence-corrected chi connectivity index (χ2v) is 4.43. The smallest absolute Gasteiger partial charge is 0.254 e. The van der Waals surface area contributed by atoms with Gasteiger partial charge in [-0.1, -0.05) is 0 Å². The van der Waals surface area contributed by atoms with Gasteiger partial charge in [0.25, 0.3) is 5.91 Å². The summed E-state index contributed by atoms with van der Waals surface area (Å²) in [5.74, 6) is 0.824. The van der Waals surface area contributed by atoms with Crippen LogP contribution in [-0.2, 0) is 4.79 Å². The van der Waals surface area contributed by atoms with Gasteiger partial charge in [-0.3, -0.25) is 9.59 Å². The van der Waals surface area contributed by atoms with Crippen LogP contribution in [0.3, 0.4) is 0 Å². The molecule has 2 N–H and O–H groups in total. The van der Waals surface area contributed by atoms with Crippen LogP contribution in [-0.4, -0.2) is 18.4 Å². The number of aryl methyl sites for hydroxylation is 1. The summed E-state index contributed by atoms with van der Waals surface area (Å²) in [7, 11) is 0. The Bertz CT molecular complexity index is 586. The van der Waals surface area contributed by atoms with Gasteiger partial charge in [-0.25, -0.2) is 0 Å². The zero-order chi connectivity index (χ0) is 14.5. The lowest BCUT2D eigenvalue weighted by molar-refractivity contribution is -0.120. The first kappa shape index (κ1) is 13.9. The lowest BCUT2D eigenvalue weighted by atomic mass is 10.2. The number of nitrogens with one attached hydrogen (secondary N) is 2. The lowest BCUT2D eigenvalue weighted by Gasteiger charge is -2.11. The van der Waals surface area contributed by atoms with Crippen molar-refractivity contribution in [3.8, 4) is 0 Å². The van der Waals surface area contributed by atoms with Crippen LogP contribution in [0.5, 0.6) is 0 Å². The second-order valence-electron chi connectivity index (χ2n) is 4.43. The molecule has 1 atom stereocenters. The van der Waals surface area contributed by atoms with E-state index in [4.69, 9.17) is 8.83 Å². The standard InChI is InChI=1S/C14H16N2O4/c1-9-3-4-12(20-9)10(2)16-13(17)7-15-14(18)11-5-6-19-8-11/h3-6,8,10H,7H2,1-2H3,(H,15,18)(H,16,17). The average Bonchev–Trinajstić information content (AvgIpc) is 3.06. The molecule has 2 aromatic rings. The molecule has 0 fully saturated rings. The van der Waals surface area contributed by atoms with E-state index < -0.39 is 0 Å². The van der Waals surface area contributed by atoms with Crippen molar-refractivity contribution in [3.63, 3.8) is 0 Å². The van der Waals surface area contributed by atoms with E-state index in [9.17, 15) is 9.59 Å². The highest BCUT2D eigenvalue weighted by Gasteiger charge is 2.14. The van der Waals surface area contributed by atoms with E-state index in [0.29, 0.717) is 11.3 Å². The SMILES string of the molecule is Cc1ccc(C(C)NC(=O)CNC(=O)c2ccoc2)o1. The normalized spacial score (nSPS) is 11.9. The van der Waals surface area contributed by atoms with Gasteiger partial charge >= 0.3 is 0 Å². The minimum atomic E-state index is -0.351. The monoisotopic (exact) mass is 276 g/mol. The molecule has 0 aliphatic heterocycles. The van der Waals surface area contributed by atoms with E-state index in [2.05, 4.69) is 10.6 Å². The summed E-state index contributed by atoms with van der Waals surface area (Å²) >= 11 is 0. The molecule has 1 unspecified atom stereocenters. The summed E-state index contributed by atoms with van der Waals surface area (Å²) in [4.78, 5) is 23.3. The maximum atomic E-state index is 11.7. The van der Waals surface area contributed by atoms with E-state index in [1.54, 1.807) is 0 Å². The Kier molecular flexibility index (Phi) is 4.24. The molecule has 2 heterocycles. The molecule has 106 valence electrons. The fourth-order valence-electron chi connectivity index (χ4n) is 1.71. The zero-order valence-electron chi connectivity index (χ0n) is 11.3. The van der Waals surface area contributed by atoms with Gasteiger partial charge in [-0.15, -0.1) is 0 Å². The molecule has 0 radical (unpaired) electrons. The molecule has 0 bridgehead atoms. The quantitative estimate of drug-likeness (QED) is 0.872. The Morgan fingerprint density at radius 2 is 2.10 bits per heavy atom. The highest BCUT2D eigenvalue weighted by molar-refractivity contribution is 5.96. The van der Waals surface area contributed by atoms with Gasteiger partial charge in [0.05, 0.1) is 24.4 Å². The van der Waals surface area contributed by atoms with Gasteiger partial charge in [0.15, 0.2) is 0 Å². The fourth-order valence-corrected chi connectivity index (χ4v) is 1.71. The summed E-state index contributed by atoms with van der Waals surface area (Å²) in [5.41, 5.74) is 0.382. The number of amides is 2. The van der Waals surface area contributed by atoms with E-state index in [0.717, 1.165) is 5.76 Å². The van der Waals surface area contributed by atoms with E-state index in [-0.39, 0.29) is 24.4 Å². The van der Waals surface area contributed by atoms with Gasteiger partial charge < -0.3 is 19.5 Å². The number of carbonyl (C=O) groups is 2. The summed E-state index contributed by atoms with van der Waals surface area (Å²) in [5, 5.41) is 5.24. The molecule has 0 spiro atoms. The van der Waals surface area contributed by atoms with E-state index in [1.165, 1.54) is 18.6 Å². The topological polar surface area (TPSA) is 84.5 Å². The molecular weight excluding hydrogens is 260 g/mol. The highest BCUT2D eigenvalue weighted by atomic mass is 16.3. The molecule has 2 aromatic heterocycles. The molecule has 2 rings (SSSR count). The van der Waals surface area contributed by atoms with Crippen molar-refractivity contribution in [2.45, 2.75) is 19.9 Å². The van der Waals surface area contributed by atoms with Crippen molar-refractivity contribution in [1.82, 2.24) is 10.6 Å². The van der Waals surface area contributed by atoms with Crippen molar-refractivity contribution in [3.05, 3.63) is 47.8 Å². The average molecular weight is 276 g/mol. The van der Waals surface area contributed by atoms with Gasteiger partial charge in [-0.2, -0.15) is 0 Å².